The molecule has 0 bridgehead atoms. The molecule has 112 valence electrons. The maximum atomic E-state index is 10.6. The number of nitrogens with one attached hydrogen (secondary N) is 1. The van der Waals surface area contributed by atoms with Crippen LogP contribution in [0.3, 0.4) is 0 Å². The van der Waals surface area contributed by atoms with Gasteiger partial charge in [-0.15, -0.1) is 11.3 Å². The number of nitrogens with zero attached hydrogens (tertiary/aromatic N) is 1. The van der Waals surface area contributed by atoms with Gasteiger partial charge >= 0.3 is 5.97 Å². The van der Waals surface area contributed by atoms with E-state index in [4.69, 9.17) is 9.84 Å². The number of methoxy groups -OCH3 is 1. The van der Waals surface area contributed by atoms with Crippen LogP contribution in [0.1, 0.15) is 12.1 Å². The van der Waals surface area contributed by atoms with Gasteiger partial charge in [-0.25, -0.2) is 4.98 Å². The first kappa shape index (κ1) is 16.3. The summed E-state index contributed by atoms with van der Waals surface area (Å²) in [4.78, 5) is 14.9. The fraction of sp³-hybridized carbons (Fsp3) is 0.231. The van der Waals surface area contributed by atoms with Crippen LogP contribution in [0.15, 0.2) is 26.5 Å². The van der Waals surface area contributed by atoms with Crippen molar-refractivity contribution in [2.45, 2.75) is 12.8 Å². The zero-order chi connectivity index (χ0) is 15.4. The van der Waals surface area contributed by atoms with E-state index >= 15 is 0 Å². The topological polar surface area (TPSA) is 71.5 Å². The third-order valence-electron chi connectivity index (χ3n) is 2.63. The highest BCUT2D eigenvalue weighted by atomic mass is 79.9. The summed E-state index contributed by atoms with van der Waals surface area (Å²) >= 11 is 8.32. The van der Waals surface area contributed by atoms with Gasteiger partial charge < -0.3 is 15.2 Å². The molecule has 8 heteroatoms. The lowest BCUT2D eigenvalue weighted by atomic mass is 10.2. The Balaban J connectivity index is 2.13. The number of ether oxygens (including phenoxy) is 1. The summed E-state index contributed by atoms with van der Waals surface area (Å²) in [5, 5.41) is 14.4. The van der Waals surface area contributed by atoms with Crippen molar-refractivity contribution in [2.24, 2.45) is 0 Å². The normalized spacial score (nSPS) is 10.4. The largest absolute Gasteiger partial charge is 0.495 e. The zero-order valence-corrected chi connectivity index (χ0v) is 15.0. The zero-order valence-electron chi connectivity index (χ0n) is 11.0. The van der Waals surface area contributed by atoms with E-state index in [1.54, 1.807) is 7.11 Å². The van der Waals surface area contributed by atoms with Crippen LogP contribution in [0.2, 0.25) is 0 Å². The maximum Gasteiger partial charge on any atom is 0.303 e. The first-order valence-electron chi connectivity index (χ1n) is 5.96. The molecule has 1 aromatic heterocycles. The number of rotatable bonds is 6. The van der Waals surface area contributed by atoms with Gasteiger partial charge in [0.1, 0.15) is 5.75 Å². The molecule has 2 rings (SSSR count). The number of carboxylic acid groups (broad SMARTS) is 1. The Hall–Kier alpha value is -1.12. The first-order chi connectivity index (χ1) is 9.99. The average molecular weight is 436 g/mol. The molecule has 0 spiro atoms. The lowest BCUT2D eigenvalue weighted by molar-refractivity contribution is -0.136. The summed E-state index contributed by atoms with van der Waals surface area (Å²) < 4.78 is 6.98. The van der Waals surface area contributed by atoms with Crippen molar-refractivity contribution < 1.29 is 14.6 Å². The van der Waals surface area contributed by atoms with Gasteiger partial charge in [-0.05, 0) is 37.9 Å². The standard InChI is InChI=1S/C13H12Br2N2O3S/c1-20-11-5-10(8(14)4-9(11)15)17-13-16-7(6-21-13)2-3-12(18)19/h4-6H,2-3H2,1H3,(H,16,17)(H,18,19). The SMILES string of the molecule is COc1cc(Nc2nc(CCC(=O)O)cs2)c(Br)cc1Br. The fourth-order valence-electron chi connectivity index (χ4n) is 1.61. The Kier molecular flexibility index (Phi) is 5.60. The van der Waals surface area contributed by atoms with Gasteiger partial charge in [0.15, 0.2) is 5.13 Å². The summed E-state index contributed by atoms with van der Waals surface area (Å²) in [6.45, 7) is 0. The van der Waals surface area contributed by atoms with E-state index in [1.807, 2.05) is 17.5 Å². The second kappa shape index (κ2) is 7.24. The Labute approximate surface area is 142 Å². The van der Waals surface area contributed by atoms with Crippen molar-refractivity contribution in [3.63, 3.8) is 0 Å². The molecule has 0 unspecified atom stereocenters. The van der Waals surface area contributed by atoms with E-state index in [1.165, 1.54) is 11.3 Å². The van der Waals surface area contributed by atoms with Crippen LogP contribution in [0.4, 0.5) is 10.8 Å². The molecule has 0 aliphatic heterocycles. The molecule has 0 radical (unpaired) electrons. The molecular weight excluding hydrogens is 424 g/mol. The van der Waals surface area contributed by atoms with Crippen molar-refractivity contribution in [3.8, 4) is 5.75 Å². The van der Waals surface area contributed by atoms with E-state index in [-0.39, 0.29) is 6.42 Å². The minimum absolute atomic E-state index is 0.0823. The molecule has 2 aromatic rings. The highest BCUT2D eigenvalue weighted by Crippen LogP contribution is 2.36. The molecule has 0 amide bonds. The van der Waals surface area contributed by atoms with Gasteiger partial charge in [0.2, 0.25) is 0 Å². The van der Waals surface area contributed by atoms with Crippen LogP contribution in [0.25, 0.3) is 0 Å². The molecule has 2 N–H and O–H groups in total. The summed E-state index contributed by atoms with van der Waals surface area (Å²) in [7, 11) is 1.60. The lowest BCUT2D eigenvalue weighted by Crippen LogP contribution is -1.98. The number of thiazole rings is 1. The van der Waals surface area contributed by atoms with Crippen LogP contribution in [-0.2, 0) is 11.2 Å². The van der Waals surface area contributed by atoms with Crippen molar-refractivity contribution in [1.29, 1.82) is 0 Å². The molecule has 1 aromatic carbocycles. The number of aliphatic carboxylic acids is 1. The van der Waals surface area contributed by atoms with Crippen LogP contribution in [0, 0.1) is 0 Å². The van der Waals surface area contributed by atoms with Crippen molar-refractivity contribution in [2.75, 3.05) is 12.4 Å². The maximum absolute atomic E-state index is 10.6. The van der Waals surface area contributed by atoms with Crippen LogP contribution in [-0.4, -0.2) is 23.2 Å². The van der Waals surface area contributed by atoms with E-state index < -0.39 is 5.97 Å². The second-order valence-electron chi connectivity index (χ2n) is 4.13. The fourth-order valence-corrected chi connectivity index (χ4v) is 3.62. The van der Waals surface area contributed by atoms with Gasteiger partial charge in [-0.3, -0.25) is 4.79 Å². The van der Waals surface area contributed by atoms with Crippen molar-refractivity contribution in [3.05, 3.63) is 32.2 Å². The Morgan fingerprint density at radius 3 is 2.86 bits per heavy atom. The number of anilines is 2. The molecule has 0 saturated heterocycles. The highest BCUT2D eigenvalue weighted by molar-refractivity contribution is 9.11. The second-order valence-corrected chi connectivity index (χ2v) is 6.70. The van der Waals surface area contributed by atoms with Gasteiger partial charge in [0.05, 0.1) is 29.4 Å². The molecule has 0 aliphatic rings. The predicted octanol–water partition coefficient (Wildman–Crippen LogP) is 4.44. The summed E-state index contributed by atoms with van der Waals surface area (Å²) in [6, 6.07) is 3.74. The number of carboxylic acids is 1. The van der Waals surface area contributed by atoms with Gasteiger partial charge in [-0.2, -0.15) is 0 Å². The molecule has 0 saturated carbocycles. The number of halogens is 2. The predicted molar refractivity (Wildman–Crippen MR) is 89.7 cm³/mol. The summed E-state index contributed by atoms with van der Waals surface area (Å²) in [6.07, 6.45) is 0.511. The Morgan fingerprint density at radius 2 is 2.19 bits per heavy atom. The number of aromatic nitrogens is 1. The van der Waals surface area contributed by atoms with E-state index in [2.05, 4.69) is 42.2 Å². The van der Waals surface area contributed by atoms with Crippen molar-refractivity contribution >= 4 is 60.0 Å². The molecule has 0 aliphatic carbocycles. The molecule has 21 heavy (non-hydrogen) atoms. The number of benzene rings is 1. The highest BCUT2D eigenvalue weighted by Gasteiger charge is 2.10. The monoisotopic (exact) mass is 434 g/mol. The quantitative estimate of drug-likeness (QED) is 0.701. The average Bonchev–Trinajstić information content (AvgIpc) is 2.87. The van der Waals surface area contributed by atoms with Gasteiger partial charge in [-0.1, -0.05) is 0 Å². The van der Waals surface area contributed by atoms with Crippen LogP contribution in [0.5, 0.6) is 5.75 Å². The van der Waals surface area contributed by atoms with Crippen molar-refractivity contribution in [1.82, 2.24) is 4.98 Å². The summed E-state index contributed by atoms with van der Waals surface area (Å²) in [5.41, 5.74) is 1.60. The van der Waals surface area contributed by atoms with E-state index in [9.17, 15) is 4.79 Å². The summed E-state index contributed by atoms with van der Waals surface area (Å²) in [5.74, 6) is -0.110. The molecule has 1 heterocycles. The lowest BCUT2D eigenvalue weighted by Gasteiger charge is -2.10. The number of hydrogen-bond donors (Lipinski definition) is 2. The van der Waals surface area contributed by atoms with Crippen LogP contribution >= 0.6 is 43.2 Å². The molecule has 5 nitrogen and oxygen atoms in total. The Bertz CT molecular complexity index is 661. The first-order valence-corrected chi connectivity index (χ1v) is 8.42. The minimum Gasteiger partial charge on any atom is -0.495 e. The van der Waals surface area contributed by atoms with E-state index in [0.29, 0.717) is 17.3 Å². The van der Waals surface area contributed by atoms with Gasteiger partial charge in [0, 0.05) is 22.3 Å². The Morgan fingerprint density at radius 1 is 1.43 bits per heavy atom. The number of carbonyl (C=O) groups is 1. The molecule has 0 fully saturated rings. The molecule has 0 atom stereocenters. The number of aryl methyl sites for hydroxylation is 1. The van der Waals surface area contributed by atoms with Gasteiger partial charge in [0.25, 0.3) is 0 Å². The minimum atomic E-state index is -0.821. The van der Waals surface area contributed by atoms with E-state index in [0.717, 1.165) is 20.3 Å². The van der Waals surface area contributed by atoms with Crippen LogP contribution < -0.4 is 10.1 Å². The smallest absolute Gasteiger partial charge is 0.303 e. The molecular formula is C13H12Br2N2O3S. The third-order valence-corrected chi connectivity index (χ3v) is 4.71. The number of hydrogen-bond acceptors (Lipinski definition) is 5. The third kappa shape index (κ3) is 4.42.